The second kappa shape index (κ2) is 7.97. The van der Waals surface area contributed by atoms with Crippen LogP contribution in [-0.4, -0.2) is 11.7 Å². The Labute approximate surface area is 186 Å². The monoisotopic (exact) mass is 438 g/mol. The van der Waals surface area contributed by atoms with Crippen molar-refractivity contribution in [2.24, 2.45) is 5.41 Å². The molecule has 1 atom stereocenters. The number of hydrogen-bond donors (Lipinski definition) is 2. The van der Waals surface area contributed by atoms with Crippen LogP contribution >= 0.6 is 11.6 Å². The zero-order valence-electron chi connectivity index (χ0n) is 17.7. The van der Waals surface area contributed by atoms with E-state index in [0.717, 1.165) is 11.3 Å². The van der Waals surface area contributed by atoms with Gasteiger partial charge < -0.3 is 10.6 Å². The lowest BCUT2D eigenvalue weighted by atomic mass is 9.68. The van der Waals surface area contributed by atoms with Gasteiger partial charge in [-0.2, -0.15) is 0 Å². The van der Waals surface area contributed by atoms with Crippen molar-refractivity contribution in [1.29, 1.82) is 0 Å². The van der Waals surface area contributed by atoms with E-state index in [9.17, 15) is 14.0 Å². The summed E-state index contributed by atoms with van der Waals surface area (Å²) in [7, 11) is 0. The number of dihydropyridines is 1. The molecule has 0 bridgehead atoms. The topological polar surface area (TPSA) is 58.2 Å². The van der Waals surface area contributed by atoms with Crippen LogP contribution in [0.3, 0.4) is 0 Å². The highest BCUT2D eigenvalue weighted by Crippen LogP contribution is 2.47. The Morgan fingerprint density at radius 1 is 1.16 bits per heavy atom. The fraction of sp³-hybridized carbons (Fsp3) is 0.280. The average Bonchev–Trinajstić information content (AvgIpc) is 2.67. The SMILES string of the molecule is CC1=C(C(=O)Nc2ccccc2F)C(c2cccc(Cl)c2)C2=C(CC(C)(C)CC2=O)N1. The van der Waals surface area contributed by atoms with Crippen LogP contribution in [0.5, 0.6) is 0 Å². The number of nitrogens with one attached hydrogen (secondary N) is 2. The number of anilines is 1. The highest BCUT2D eigenvalue weighted by molar-refractivity contribution is 6.30. The van der Waals surface area contributed by atoms with Gasteiger partial charge in [-0.15, -0.1) is 0 Å². The number of hydrogen-bond acceptors (Lipinski definition) is 3. The standard InChI is InChI=1S/C25H24ClFN2O2/c1-14-21(24(31)29-18-10-5-4-9-17(18)27)22(15-7-6-8-16(26)11-15)23-19(28-14)12-25(2,3)13-20(23)30/h4-11,22,28H,12-13H2,1-3H3,(H,29,31). The first-order chi connectivity index (χ1) is 14.7. The van der Waals surface area contributed by atoms with Crippen LogP contribution in [-0.2, 0) is 9.59 Å². The molecule has 0 saturated heterocycles. The Morgan fingerprint density at radius 3 is 2.61 bits per heavy atom. The van der Waals surface area contributed by atoms with Crippen LogP contribution in [0.4, 0.5) is 10.1 Å². The van der Waals surface area contributed by atoms with E-state index in [1.165, 1.54) is 12.1 Å². The van der Waals surface area contributed by atoms with Crippen molar-refractivity contribution in [3.8, 4) is 0 Å². The van der Waals surface area contributed by atoms with Crippen LogP contribution < -0.4 is 10.6 Å². The van der Waals surface area contributed by atoms with Crippen LogP contribution in [0.25, 0.3) is 0 Å². The van der Waals surface area contributed by atoms with Crippen LogP contribution in [0.2, 0.25) is 5.02 Å². The van der Waals surface area contributed by atoms with E-state index in [4.69, 9.17) is 11.6 Å². The zero-order valence-corrected chi connectivity index (χ0v) is 18.4. The predicted molar refractivity (Wildman–Crippen MR) is 120 cm³/mol. The van der Waals surface area contributed by atoms with Gasteiger partial charge in [0.05, 0.1) is 5.69 Å². The first kappa shape index (κ1) is 21.3. The van der Waals surface area contributed by atoms with E-state index in [1.54, 1.807) is 30.3 Å². The molecule has 31 heavy (non-hydrogen) atoms. The first-order valence-electron chi connectivity index (χ1n) is 10.2. The number of Topliss-reactive ketones (excluding diaryl/α,β-unsaturated/α-hetero) is 1. The molecule has 6 heteroatoms. The van der Waals surface area contributed by atoms with Gasteiger partial charge in [0.15, 0.2) is 5.78 Å². The lowest BCUT2D eigenvalue weighted by molar-refractivity contribution is -0.118. The molecule has 1 aliphatic heterocycles. The van der Waals surface area contributed by atoms with Gasteiger partial charge in [0.25, 0.3) is 5.91 Å². The molecule has 160 valence electrons. The number of allylic oxidation sites excluding steroid dienone is 3. The first-order valence-corrected chi connectivity index (χ1v) is 10.6. The summed E-state index contributed by atoms with van der Waals surface area (Å²) in [6.07, 6.45) is 1.09. The van der Waals surface area contributed by atoms with Gasteiger partial charge in [-0.1, -0.05) is 49.7 Å². The fourth-order valence-corrected chi connectivity index (χ4v) is 4.71. The Balaban J connectivity index is 1.83. The molecule has 2 aliphatic rings. The van der Waals surface area contributed by atoms with E-state index in [1.807, 2.05) is 13.0 Å². The smallest absolute Gasteiger partial charge is 0.254 e. The molecule has 0 aromatic heterocycles. The summed E-state index contributed by atoms with van der Waals surface area (Å²) >= 11 is 6.25. The third kappa shape index (κ3) is 4.15. The van der Waals surface area contributed by atoms with E-state index >= 15 is 0 Å². The molecule has 1 aliphatic carbocycles. The molecule has 0 spiro atoms. The molecule has 2 N–H and O–H groups in total. The Morgan fingerprint density at radius 2 is 1.90 bits per heavy atom. The van der Waals surface area contributed by atoms with Crippen LogP contribution in [0, 0.1) is 11.2 Å². The number of benzene rings is 2. The fourth-order valence-electron chi connectivity index (χ4n) is 4.51. The second-order valence-corrected chi connectivity index (χ2v) is 9.36. The van der Waals surface area contributed by atoms with Gasteiger partial charge in [0, 0.05) is 39.9 Å². The minimum absolute atomic E-state index is 0.00687. The van der Waals surface area contributed by atoms with Crippen LogP contribution in [0.15, 0.2) is 71.1 Å². The summed E-state index contributed by atoms with van der Waals surface area (Å²) in [5.41, 5.74) is 3.13. The molecule has 2 aromatic rings. The van der Waals surface area contributed by atoms with Crippen molar-refractivity contribution >= 4 is 29.0 Å². The summed E-state index contributed by atoms with van der Waals surface area (Å²) in [6.45, 7) is 5.93. The van der Waals surface area contributed by atoms with E-state index in [-0.39, 0.29) is 16.9 Å². The van der Waals surface area contributed by atoms with E-state index in [0.29, 0.717) is 34.7 Å². The van der Waals surface area contributed by atoms with Crippen molar-refractivity contribution in [2.75, 3.05) is 5.32 Å². The highest BCUT2D eigenvalue weighted by atomic mass is 35.5. The lowest BCUT2D eigenvalue weighted by Crippen LogP contribution is -2.39. The number of ketones is 1. The van der Waals surface area contributed by atoms with E-state index in [2.05, 4.69) is 24.5 Å². The molecule has 1 unspecified atom stereocenters. The molecule has 4 rings (SSSR count). The number of rotatable bonds is 3. The maximum Gasteiger partial charge on any atom is 0.254 e. The van der Waals surface area contributed by atoms with Crippen molar-refractivity contribution in [3.05, 3.63) is 87.5 Å². The molecule has 0 radical (unpaired) electrons. The summed E-state index contributed by atoms with van der Waals surface area (Å²) in [4.78, 5) is 26.6. The Bertz CT molecular complexity index is 1150. The van der Waals surface area contributed by atoms with Gasteiger partial charge in [0.1, 0.15) is 5.82 Å². The third-order valence-corrected chi connectivity index (χ3v) is 6.02. The predicted octanol–water partition coefficient (Wildman–Crippen LogP) is 5.72. The van der Waals surface area contributed by atoms with Crippen LogP contribution in [0.1, 0.15) is 45.1 Å². The quantitative estimate of drug-likeness (QED) is 0.644. The maximum absolute atomic E-state index is 14.2. The highest BCUT2D eigenvalue weighted by Gasteiger charge is 2.42. The Kier molecular flexibility index (Phi) is 5.48. The second-order valence-electron chi connectivity index (χ2n) is 8.92. The van der Waals surface area contributed by atoms with Gasteiger partial charge in [-0.3, -0.25) is 9.59 Å². The average molecular weight is 439 g/mol. The maximum atomic E-state index is 14.2. The molecule has 1 heterocycles. The van der Waals surface area contributed by atoms with Gasteiger partial charge in [-0.05, 0) is 48.6 Å². The van der Waals surface area contributed by atoms with Crippen molar-refractivity contribution in [1.82, 2.24) is 5.32 Å². The lowest BCUT2D eigenvalue weighted by Gasteiger charge is -2.39. The summed E-state index contributed by atoms with van der Waals surface area (Å²) < 4.78 is 14.2. The van der Waals surface area contributed by atoms with Gasteiger partial charge in [0.2, 0.25) is 0 Å². The number of carbonyl (C=O) groups is 2. The minimum atomic E-state index is -0.578. The molecule has 4 nitrogen and oxygen atoms in total. The molecule has 1 amide bonds. The van der Waals surface area contributed by atoms with Crippen molar-refractivity contribution in [3.63, 3.8) is 0 Å². The summed E-state index contributed by atoms with van der Waals surface area (Å²) in [5.74, 6) is -1.55. The molecule has 0 fully saturated rings. The minimum Gasteiger partial charge on any atom is -0.362 e. The van der Waals surface area contributed by atoms with E-state index < -0.39 is 17.6 Å². The summed E-state index contributed by atoms with van der Waals surface area (Å²) in [5, 5.41) is 6.50. The third-order valence-electron chi connectivity index (χ3n) is 5.79. The number of carbonyl (C=O) groups excluding carboxylic acids is 2. The van der Waals surface area contributed by atoms with Gasteiger partial charge in [-0.25, -0.2) is 4.39 Å². The van der Waals surface area contributed by atoms with Gasteiger partial charge >= 0.3 is 0 Å². The largest absolute Gasteiger partial charge is 0.362 e. The molecule has 2 aromatic carbocycles. The normalized spacial score (nSPS) is 20.3. The summed E-state index contributed by atoms with van der Waals surface area (Å²) in [6, 6.07) is 13.2. The van der Waals surface area contributed by atoms with Crippen molar-refractivity contribution in [2.45, 2.75) is 39.5 Å². The molecule has 0 saturated carbocycles. The Hall–Kier alpha value is -2.92. The molecular weight excluding hydrogens is 415 g/mol. The zero-order chi connectivity index (χ0) is 22.3. The van der Waals surface area contributed by atoms with Crippen molar-refractivity contribution < 1.29 is 14.0 Å². The number of halogens is 2. The number of amides is 1. The number of para-hydroxylation sites is 1. The molecular formula is C25H24ClFN2O2.